The standard InChI is InChI=1S/C18H21N3O3/c1-11-4-3-5-12-16(11)19-8-13(17(12)22)18(23)21-9-14-15(10-21)24-7-6-20(14)2/h3-5,8,14-15H,6-7,9-10H2,1-2H3,(H,19,22)/t14-,15+/m0/s1. The fraction of sp³-hybridized carbons (Fsp3) is 0.444. The van der Waals surface area contributed by atoms with Crippen LogP contribution in [0.3, 0.4) is 0 Å². The quantitative estimate of drug-likeness (QED) is 0.848. The van der Waals surface area contributed by atoms with Gasteiger partial charge in [-0.1, -0.05) is 12.1 Å². The molecule has 2 aliphatic heterocycles. The fourth-order valence-corrected chi connectivity index (χ4v) is 3.76. The number of amides is 1. The number of nitrogens with zero attached hydrogens (tertiary/aromatic N) is 2. The van der Waals surface area contributed by atoms with Crippen molar-refractivity contribution >= 4 is 16.8 Å². The molecule has 2 saturated heterocycles. The van der Waals surface area contributed by atoms with Crippen LogP contribution in [0.4, 0.5) is 0 Å². The Balaban J connectivity index is 1.67. The van der Waals surface area contributed by atoms with Gasteiger partial charge in [-0.15, -0.1) is 0 Å². The number of hydrogen-bond donors (Lipinski definition) is 1. The van der Waals surface area contributed by atoms with Gasteiger partial charge in [0.1, 0.15) is 5.56 Å². The third-order valence-corrected chi connectivity index (χ3v) is 5.22. The fourth-order valence-electron chi connectivity index (χ4n) is 3.76. The van der Waals surface area contributed by atoms with Crippen LogP contribution in [-0.4, -0.2) is 66.1 Å². The van der Waals surface area contributed by atoms with Crippen molar-refractivity contribution in [1.82, 2.24) is 14.8 Å². The molecule has 1 aromatic carbocycles. The van der Waals surface area contributed by atoms with Crippen molar-refractivity contribution in [2.24, 2.45) is 0 Å². The Morgan fingerprint density at radius 1 is 1.33 bits per heavy atom. The van der Waals surface area contributed by atoms with Crippen LogP contribution < -0.4 is 5.43 Å². The summed E-state index contributed by atoms with van der Waals surface area (Å²) in [5.74, 6) is -0.217. The lowest BCUT2D eigenvalue weighted by Crippen LogP contribution is -2.48. The topological polar surface area (TPSA) is 65.6 Å². The van der Waals surface area contributed by atoms with Crippen LogP contribution in [0, 0.1) is 6.92 Å². The van der Waals surface area contributed by atoms with E-state index in [1.807, 2.05) is 19.1 Å². The van der Waals surface area contributed by atoms with E-state index in [1.54, 1.807) is 17.2 Å². The van der Waals surface area contributed by atoms with Crippen LogP contribution in [0.25, 0.3) is 10.9 Å². The van der Waals surface area contributed by atoms with E-state index in [0.717, 1.165) is 17.6 Å². The number of morpholine rings is 1. The molecule has 0 aliphatic carbocycles. The van der Waals surface area contributed by atoms with Crippen molar-refractivity contribution in [3.63, 3.8) is 0 Å². The highest BCUT2D eigenvalue weighted by molar-refractivity contribution is 5.97. The molecule has 3 heterocycles. The number of likely N-dealkylation sites (N-methyl/N-ethyl adjacent to an activating group) is 1. The second-order valence-corrected chi connectivity index (χ2v) is 6.70. The first kappa shape index (κ1) is 15.4. The van der Waals surface area contributed by atoms with Gasteiger partial charge < -0.3 is 14.6 Å². The largest absolute Gasteiger partial charge is 0.373 e. The lowest BCUT2D eigenvalue weighted by Gasteiger charge is -2.33. The summed E-state index contributed by atoms with van der Waals surface area (Å²) in [6.45, 7) is 4.65. The van der Waals surface area contributed by atoms with Crippen molar-refractivity contribution in [2.75, 3.05) is 33.3 Å². The number of ether oxygens (including phenoxy) is 1. The number of aromatic nitrogens is 1. The Morgan fingerprint density at radius 3 is 2.96 bits per heavy atom. The van der Waals surface area contributed by atoms with Crippen molar-refractivity contribution in [2.45, 2.75) is 19.1 Å². The van der Waals surface area contributed by atoms with Crippen molar-refractivity contribution < 1.29 is 9.53 Å². The Kier molecular flexibility index (Phi) is 3.66. The molecule has 1 N–H and O–H groups in total. The third kappa shape index (κ3) is 2.34. The summed E-state index contributed by atoms with van der Waals surface area (Å²) in [5, 5.41) is 0.561. The number of H-pyrrole nitrogens is 1. The summed E-state index contributed by atoms with van der Waals surface area (Å²) in [6.07, 6.45) is 1.58. The Hall–Kier alpha value is -2.18. The first-order valence-corrected chi connectivity index (χ1v) is 8.28. The van der Waals surface area contributed by atoms with E-state index in [2.05, 4.69) is 16.9 Å². The molecule has 6 heteroatoms. The van der Waals surface area contributed by atoms with Crippen LogP contribution in [0.1, 0.15) is 15.9 Å². The maximum absolute atomic E-state index is 12.9. The Bertz CT molecular complexity index is 860. The van der Waals surface area contributed by atoms with Crippen LogP contribution >= 0.6 is 0 Å². The zero-order chi connectivity index (χ0) is 16.8. The van der Waals surface area contributed by atoms with Gasteiger partial charge in [0.05, 0.1) is 24.3 Å². The molecular formula is C18H21N3O3. The van der Waals surface area contributed by atoms with Gasteiger partial charge in [0.25, 0.3) is 5.91 Å². The van der Waals surface area contributed by atoms with Crippen molar-refractivity contribution in [3.8, 4) is 0 Å². The SMILES string of the molecule is Cc1cccc2c(=O)c(C(=O)N3C[C@H]4OCCN(C)[C@H]4C3)c[nH]c12. The molecule has 0 saturated carbocycles. The summed E-state index contributed by atoms with van der Waals surface area (Å²) in [4.78, 5) is 32.7. The number of hydrogen-bond acceptors (Lipinski definition) is 4. The van der Waals surface area contributed by atoms with Crippen molar-refractivity contribution in [1.29, 1.82) is 0 Å². The molecule has 2 fully saturated rings. The molecule has 2 aromatic rings. The molecule has 0 bridgehead atoms. The minimum atomic E-state index is -0.217. The molecule has 0 spiro atoms. The predicted molar refractivity (Wildman–Crippen MR) is 91.4 cm³/mol. The number of carbonyl (C=O) groups excluding carboxylic acids is 1. The van der Waals surface area contributed by atoms with Crippen LogP contribution in [0.5, 0.6) is 0 Å². The van der Waals surface area contributed by atoms with E-state index < -0.39 is 0 Å². The Morgan fingerprint density at radius 2 is 2.17 bits per heavy atom. The van der Waals surface area contributed by atoms with Crippen LogP contribution in [-0.2, 0) is 4.74 Å². The maximum Gasteiger partial charge on any atom is 0.259 e. The van der Waals surface area contributed by atoms with Gasteiger partial charge in [-0.3, -0.25) is 14.5 Å². The molecule has 1 amide bonds. The van der Waals surface area contributed by atoms with E-state index >= 15 is 0 Å². The van der Waals surface area contributed by atoms with Gasteiger partial charge in [0.2, 0.25) is 5.43 Å². The average molecular weight is 327 g/mol. The van der Waals surface area contributed by atoms with Crippen molar-refractivity contribution in [3.05, 3.63) is 45.7 Å². The minimum absolute atomic E-state index is 0.0366. The van der Waals surface area contributed by atoms with E-state index in [9.17, 15) is 9.59 Å². The molecule has 2 aliphatic rings. The summed E-state index contributed by atoms with van der Waals surface area (Å²) in [6, 6.07) is 5.76. The highest BCUT2D eigenvalue weighted by Crippen LogP contribution is 2.23. The summed E-state index contributed by atoms with van der Waals surface area (Å²) >= 11 is 0. The molecular weight excluding hydrogens is 306 g/mol. The van der Waals surface area contributed by atoms with Gasteiger partial charge >= 0.3 is 0 Å². The molecule has 0 radical (unpaired) electrons. The molecule has 2 atom stereocenters. The number of carbonyl (C=O) groups is 1. The lowest BCUT2D eigenvalue weighted by molar-refractivity contribution is -0.0368. The maximum atomic E-state index is 12.9. The monoisotopic (exact) mass is 327 g/mol. The first-order chi connectivity index (χ1) is 11.6. The highest BCUT2D eigenvalue weighted by Gasteiger charge is 2.41. The third-order valence-electron chi connectivity index (χ3n) is 5.22. The highest BCUT2D eigenvalue weighted by atomic mass is 16.5. The number of rotatable bonds is 1. The second-order valence-electron chi connectivity index (χ2n) is 6.70. The zero-order valence-electron chi connectivity index (χ0n) is 13.9. The smallest absolute Gasteiger partial charge is 0.259 e. The van der Waals surface area contributed by atoms with Gasteiger partial charge in [-0.25, -0.2) is 0 Å². The van der Waals surface area contributed by atoms with Crippen LogP contribution in [0.15, 0.2) is 29.2 Å². The number of fused-ring (bicyclic) bond motifs is 2. The van der Waals surface area contributed by atoms with Gasteiger partial charge in [-0.05, 0) is 25.6 Å². The first-order valence-electron chi connectivity index (χ1n) is 8.28. The predicted octanol–water partition coefficient (Wildman–Crippen LogP) is 0.992. The molecule has 4 rings (SSSR count). The van der Waals surface area contributed by atoms with E-state index in [1.165, 1.54) is 0 Å². The number of aryl methyl sites for hydroxylation is 1. The molecule has 126 valence electrons. The number of benzene rings is 1. The Labute approximate surface area is 140 Å². The van der Waals surface area contributed by atoms with Gasteiger partial charge in [-0.2, -0.15) is 0 Å². The summed E-state index contributed by atoms with van der Waals surface area (Å²) in [5.41, 5.74) is 1.78. The average Bonchev–Trinajstić information content (AvgIpc) is 3.01. The molecule has 24 heavy (non-hydrogen) atoms. The van der Waals surface area contributed by atoms with E-state index in [4.69, 9.17) is 4.74 Å². The normalized spacial score (nSPS) is 24.3. The zero-order valence-corrected chi connectivity index (χ0v) is 13.9. The second kappa shape index (κ2) is 5.72. The van der Waals surface area contributed by atoms with Gasteiger partial charge in [0.15, 0.2) is 0 Å². The number of pyridine rings is 1. The van der Waals surface area contributed by atoms with Gasteiger partial charge in [0, 0.05) is 31.2 Å². The lowest BCUT2D eigenvalue weighted by atomic mass is 10.1. The molecule has 0 unspecified atom stereocenters. The van der Waals surface area contributed by atoms with E-state index in [-0.39, 0.29) is 29.0 Å². The minimum Gasteiger partial charge on any atom is -0.373 e. The molecule has 6 nitrogen and oxygen atoms in total. The number of nitrogens with one attached hydrogen (secondary N) is 1. The summed E-state index contributed by atoms with van der Waals surface area (Å²) in [7, 11) is 2.06. The summed E-state index contributed by atoms with van der Waals surface area (Å²) < 4.78 is 5.78. The number of likely N-dealkylation sites (tertiary alicyclic amines) is 1. The van der Waals surface area contributed by atoms with Crippen LogP contribution in [0.2, 0.25) is 0 Å². The molecule has 1 aromatic heterocycles. The van der Waals surface area contributed by atoms with E-state index in [0.29, 0.717) is 25.1 Å². The number of aromatic amines is 1. The number of para-hydroxylation sites is 1.